The number of carbonyl (C=O) groups excluding carboxylic acids is 1. The minimum atomic E-state index is -4.19. The summed E-state index contributed by atoms with van der Waals surface area (Å²) in [7, 11) is -7.91. The molecule has 0 aromatic heterocycles. The van der Waals surface area contributed by atoms with E-state index in [0.717, 1.165) is 6.26 Å². The average Bonchev–Trinajstić information content (AvgIpc) is 2.55. The minimum Gasteiger partial charge on any atom is -0.427 e. The molecule has 0 bridgehead atoms. The molecular weight excluding hydrogens is 382 g/mol. The maximum atomic E-state index is 12.3. The fourth-order valence-corrected chi connectivity index (χ4v) is 4.47. The Morgan fingerprint density at radius 1 is 0.962 bits per heavy atom. The third kappa shape index (κ3) is 5.36. The normalized spacial score (nSPS) is 11.9. The van der Waals surface area contributed by atoms with Crippen molar-refractivity contribution in [1.82, 2.24) is 4.89 Å². The number of hydrogen-bond acceptors (Lipinski definition) is 7. The van der Waals surface area contributed by atoms with E-state index in [1.165, 1.54) is 43.3 Å². The van der Waals surface area contributed by atoms with Crippen LogP contribution in [0.2, 0.25) is 0 Å². The smallest absolute Gasteiger partial charge is 0.308 e. The first kappa shape index (κ1) is 20.0. The lowest BCUT2D eigenvalue weighted by Crippen LogP contribution is -2.25. The number of benzene rings is 2. The van der Waals surface area contributed by atoms with E-state index in [1.807, 2.05) is 4.89 Å². The first-order chi connectivity index (χ1) is 12.1. The summed E-state index contributed by atoms with van der Waals surface area (Å²) in [6.07, 6.45) is 0.923. The average molecular weight is 399 g/mol. The van der Waals surface area contributed by atoms with Crippen molar-refractivity contribution in [1.29, 1.82) is 0 Å². The molecule has 0 amide bonds. The number of carbonyl (C=O) groups is 1. The van der Waals surface area contributed by atoms with Gasteiger partial charge in [-0.05, 0) is 29.8 Å². The predicted octanol–water partition coefficient (Wildman–Crippen LogP) is 1.43. The van der Waals surface area contributed by atoms with Gasteiger partial charge in [-0.2, -0.15) is 0 Å². The van der Waals surface area contributed by atoms with Gasteiger partial charge in [-0.15, -0.1) is 0 Å². The van der Waals surface area contributed by atoms with Crippen molar-refractivity contribution in [3.05, 3.63) is 54.1 Å². The highest BCUT2D eigenvalue weighted by Crippen LogP contribution is 2.20. The van der Waals surface area contributed by atoms with E-state index in [9.17, 15) is 21.6 Å². The maximum absolute atomic E-state index is 12.3. The van der Waals surface area contributed by atoms with Gasteiger partial charge in [0, 0.05) is 13.2 Å². The van der Waals surface area contributed by atoms with Crippen LogP contribution in [0.15, 0.2) is 58.3 Å². The maximum Gasteiger partial charge on any atom is 0.308 e. The van der Waals surface area contributed by atoms with Crippen LogP contribution in [0.4, 0.5) is 0 Å². The van der Waals surface area contributed by atoms with Gasteiger partial charge >= 0.3 is 5.97 Å². The number of sulfone groups is 1. The molecule has 8 nitrogen and oxygen atoms in total. The van der Waals surface area contributed by atoms with Crippen molar-refractivity contribution in [2.24, 2.45) is 0 Å². The Labute approximate surface area is 151 Å². The highest BCUT2D eigenvalue weighted by Gasteiger charge is 2.23. The van der Waals surface area contributed by atoms with E-state index in [0.29, 0.717) is 11.3 Å². The van der Waals surface area contributed by atoms with Crippen molar-refractivity contribution in [3.8, 4) is 5.75 Å². The van der Waals surface area contributed by atoms with Crippen molar-refractivity contribution in [2.45, 2.75) is 23.3 Å². The molecule has 1 N–H and O–H groups in total. The molecule has 0 unspecified atom stereocenters. The Kier molecular flexibility index (Phi) is 6.13. The third-order valence-corrected chi connectivity index (χ3v) is 5.69. The molecule has 2 aromatic rings. The van der Waals surface area contributed by atoms with Gasteiger partial charge in [0.25, 0.3) is 10.0 Å². The fourth-order valence-electron chi connectivity index (χ4n) is 2.03. The van der Waals surface area contributed by atoms with E-state index in [1.54, 1.807) is 12.1 Å². The topological polar surface area (TPSA) is 116 Å². The highest BCUT2D eigenvalue weighted by molar-refractivity contribution is 7.93. The summed E-state index contributed by atoms with van der Waals surface area (Å²) < 4.78 is 53.0. The van der Waals surface area contributed by atoms with E-state index in [4.69, 9.17) is 9.57 Å². The Morgan fingerprint density at radius 3 is 2.08 bits per heavy atom. The molecule has 140 valence electrons. The number of rotatable bonds is 7. The van der Waals surface area contributed by atoms with Crippen LogP contribution in [0, 0.1) is 0 Å². The van der Waals surface area contributed by atoms with Crippen molar-refractivity contribution in [2.75, 3.05) is 6.26 Å². The largest absolute Gasteiger partial charge is 0.427 e. The Balaban J connectivity index is 2.07. The summed E-state index contributed by atoms with van der Waals surface area (Å²) in [5, 5.41) is 0. The summed E-state index contributed by atoms with van der Waals surface area (Å²) in [5.74, 6) is -0.102. The molecule has 0 aliphatic carbocycles. The molecule has 10 heteroatoms. The third-order valence-electron chi connectivity index (χ3n) is 3.13. The lowest BCUT2D eigenvalue weighted by atomic mass is 10.2. The number of ether oxygens (including phenoxy) is 1. The van der Waals surface area contributed by atoms with E-state index in [-0.39, 0.29) is 11.5 Å². The minimum absolute atomic E-state index is 0.110. The molecule has 0 saturated heterocycles. The number of sulfonamides is 1. The standard InChI is InChI=1S/C16H17NO7S2/c1-12(18)24-14-9-7-13(8-10-14)11-23-17-26(21,22)16-6-4-3-5-15(16)25(2,19)20/h3-10,17H,11H2,1-2H3. The van der Waals surface area contributed by atoms with Crippen LogP contribution in [-0.2, 0) is 36.1 Å². The zero-order valence-electron chi connectivity index (χ0n) is 14.0. The van der Waals surface area contributed by atoms with Crippen LogP contribution in [0.5, 0.6) is 5.75 Å². The van der Waals surface area contributed by atoms with Crippen LogP contribution >= 0.6 is 0 Å². The van der Waals surface area contributed by atoms with Gasteiger partial charge in [-0.1, -0.05) is 29.2 Å². The number of esters is 1. The Bertz CT molecular complexity index is 997. The van der Waals surface area contributed by atoms with Gasteiger partial charge in [-0.3, -0.25) is 9.63 Å². The van der Waals surface area contributed by atoms with Crippen molar-refractivity contribution < 1.29 is 31.2 Å². The second-order valence-corrected chi connectivity index (χ2v) is 8.93. The van der Waals surface area contributed by atoms with Crippen molar-refractivity contribution in [3.63, 3.8) is 0 Å². The van der Waals surface area contributed by atoms with E-state index >= 15 is 0 Å². The first-order valence-corrected chi connectivity index (χ1v) is 10.7. The molecule has 0 atom stereocenters. The second kappa shape index (κ2) is 7.96. The molecule has 0 aliphatic rings. The zero-order valence-corrected chi connectivity index (χ0v) is 15.6. The van der Waals surface area contributed by atoms with E-state index in [2.05, 4.69) is 0 Å². The zero-order chi connectivity index (χ0) is 19.4. The molecule has 2 aromatic carbocycles. The summed E-state index contributed by atoms with van der Waals surface area (Å²) in [4.78, 5) is 17.0. The highest BCUT2D eigenvalue weighted by atomic mass is 32.2. The molecule has 0 aliphatic heterocycles. The molecule has 0 spiro atoms. The predicted molar refractivity (Wildman–Crippen MR) is 92.4 cm³/mol. The molecule has 26 heavy (non-hydrogen) atoms. The number of nitrogens with one attached hydrogen (secondary N) is 1. The van der Waals surface area contributed by atoms with Crippen LogP contribution in [0.1, 0.15) is 12.5 Å². The van der Waals surface area contributed by atoms with Crippen LogP contribution < -0.4 is 9.62 Å². The molecule has 0 radical (unpaired) electrons. The van der Waals surface area contributed by atoms with Crippen LogP contribution in [-0.4, -0.2) is 29.1 Å². The molecule has 0 saturated carbocycles. The molecule has 2 rings (SSSR count). The fraction of sp³-hybridized carbons (Fsp3) is 0.188. The Hall–Kier alpha value is -2.27. The number of hydrogen-bond donors (Lipinski definition) is 1. The van der Waals surface area contributed by atoms with E-state index < -0.39 is 30.7 Å². The SMILES string of the molecule is CC(=O)Oc1ccc(CONS(=O)(=O)c2ccccc2S(C)(=O)=O)cc1. The van der Waals surface area contributed by atoms with Gasteiger partial charge in [-0.25, -0.2) is 16.8 Å². The monoisotopic (exact) mass is 399 g/mol. The Morgan fingerprint density at radius 2 is 1.54 bits per heavy atom. The molecule has 0 heterocycles. The summed E-state index contributed by atoms with van der Waals surface area (Å²) in [6, 6.07) is 11.5. The quantitative estimate of drug-likeness (QED) is 0.425. The van der Waals surface area contributed by atoms with Crippen molar-refractivity contribution >= 4 is 25.8 Å². The summed E-state index contributed by atoms with van der Waals surface area (Å²) in [6.45, 7) is 1.17. The summed E-state index contributed by atoms with van der Waals surface area (Å²) >= 11 is 0. The van der Waals surface area contributed by atoms with Gasteiger partial charge in [0.2, 0.25) is 0 Å². The molecule has 0 fully saturated rings. The summed E-state index contributed by atoms with van der Waals surface area (Å²) in [5.41, 5.74) is 0.611. The lowest BCUT2D eigenvalue weighted by Gasteiger charge is -2.10. The van der Waals surface area contributed by atoms with Gasteiger partial charge in [0.05, 0.1) is 11.5 Å². The first-order valence-electron chi connectivity index (χ1n) is 7.29. The van der Waals surface area contributed by atoms with Crippen LogP contribution in [0.25, 0.3) is 0 Å². The lowest BCUT2D eigenvalue weighted by molar-refractivity contribution is -0.131. The second-order valence-electron chi connectivity index (χ2n) is 5.33. The van der Waals surface area contributed by atoms with Gasteiger partial charge in [0.1, 0.15) is 10.6 Å². The van der Waals surface area contributed by atoms with Gasteiger partial charge in [0.15, 0.2) is 9.84 Å². The van der Waals surface area contributed by atoms with Crippen LogP contribution in [0.3, 0.4) is 0 Å². The van der Waals surface area contributed by atoms with Gasteiger partial charge < -0.3 is 4.74 Å². The molecular formula is C16H17NO7S2.